The fraction of sp³-hybridized carbons (Fsp3) is 0.364. The third-order valence-corrected chi connectivity index (χ3v) is 3.80. The van der Waals surface area contributed by atoms with Gasteiger partial charge < -0.3 is 10.0 Å². The highest BCUT2D eigenvalue weighted by molar-refractivity contribution is 7.92. The van der Waals surface area contributed by atoms with Crippen LogP contribution in [0, 0.1) is 0 Å². The Hall–Kier alpha value is -1.47. The van der Waals surface area contributed by atoms with E-state index in [0.717, 1.165) is 0 Å². The summed E-state index contributed by atoms with van der Waals surface area (Å²) in [4.78, 5) is 12.1. The first kappa shape index (κ1) is 15.6. The predicted molar refractivity (Wildman–Crippen MR) is 75.4 cm³/mol. The number of halogens is 1. The van der Waals surface area contributed by atoms with Crippen LogP contribution >= 0.6 is 11.6 Å². The van der Waals surface area contributed by atoms with E-state index in [0.29, 0.717) is 16.4 Å². The zero-order valence-corrected chi connectivity index (χ0v) is 12.1. The zero-order valence-electron chi connectivity index (χ0n) is 10.6. The van der Waals surface area contributed by atoms with Gasteiger partial charge in [-0.1, -0.05) is 11.6 Å². The lowest BCUT2D eigenvalue weighted by molar-refractivity contribution is -0.136. The summed E-state index contributed by atoms with van der Waals surface area (Å²) in [6.07, 6.45) is -0.451. The second kappa shape index (κ2) is 6.12. The minimum atomic E-state index is -3.72. The van der Waals surface area contributed by atoms with Crippen molar-refractivity contribution >= 4 is 39.0 Å². The third-order valence-electron chi connectivity index (χ3n) is 2.29. The molecular formula is C11H15ClN2O4S. The van der Waals surface area contributed by atoms with Crippen molar-refractivity contribution in [2.24, 2.45) is 0 Å². The van der Waals surface area contributed by atoms with Gasteiger partial charge in [0.05, 0.1) is 23.5 Å². The van der Waals surface area contributed by atoms with E-state index < -0.39 is 28.2 Å². The first-order chi connectivity index (χ1) is 8.71. The summed E-state index contributed by atoms with van der Waals surface area (Å²) in [6.45, 7) is 0. The molecule has 6 nitrogen and oxygen atoms in total. The van der Waals surface area contributed by atoms with Crippen LogP contribution in [0.1, 0.15) is 6.42 Å². The van der Waals surface area contributed by atoms with Crippen LogP contribution in [0.25, 0.3) is 0 Å². The summed E-state index contributed by atoms with van der Waals surface area (Å²) in [6, 6.07) is 4.80. The molecule has 0 aliphatic carbocycles. The summed E-state index contributed by atoms with van der Waals surface area (Å²) in [5, 5.41) is 8.90. The predicted octanol–water partition coefficient (Wildman–Crippen LogP) is 1.62. The largest absolute Gasteiger partial charge is 0.481 e. The van der Waals surface area contributed by atoms with Gasteiger partial charge >= 0.3 is 5.97 Å². The van der Waals surface area contributed by atoms with Crippen LogP contribution in [-0.4, -0.2) is 39.3 Å². The number of sulfonamides is 1. The zero-order chi connectivity index (χ0) is 14.6. The van der Waals surface area contributed by atoms with E-state index in [1.165, 1.54) is 6.07 Å². The quantitative estimate of drug-likeness (QED) is 0.834. The number of hydrogen-bond donors (Lipinski definition) is 2. The molecule has 0 amide bonds. The van der Waals surface area contributed by atoms with E-state index in [2.05, 4.69) is 4.72 Å². The maximum atomic E-state index is 11.8. The standard InChI is InChI=1S/C11H15ClN2O4S/c1-14(2)10-4-3-8(12)7-9(10)13-19(17,18)6-5-11(15)16/h3-4,7,13H,5-6H2,1-2H3,(H,15,16). The molecule has 0 aromatic heterocycles. The first-order valence-electron chi connectivity index (χ1n) is 5.40. The molecule has 0 saturated carbocycles. The molecule has 0 spiro atoms. The molecule has 0 atom stereocenters. The van der Waals surface area contributed by atoms with Gasteiger partial charge in [0.25, 0.3) is 0 Å². The van der Waals surface area contributed by atoms with Crippen molar-refractivity contribution in [1.82, 2.24) is 0 Å². The number of rotatable bonds is 6. The highest BCUT2D eigenvalue weighted by Crippen LogP contribution is 2.28. The molecule has 0 aliphatic rings. The Kier molecular flexibility index (Phi) is 5.02. The molecule has 1 aromatic rings. The van der Waals surface area contributed by atoms with Gasteiger partial charge in [0.1, 0.15) is 0 Å². The Balaban J connectivity index is 2.98. The lowest BCUT2D eigenvalue weighted by atomic mass is 10.2. The minimum absolute atomic E-state index is 0.322. The number of nitrogens with zero attached hydrogens (tertiary/aromatic N) is 1. The number of anilines is 2. The van der Waals surface area contributed by atoms with Crippen molar-refractivity contribution in [2.45, 2.75) is 6.42 Å². The van der Waals surface area contributed by atoms with Crippen molar-refractivity contribution in [3.63, 3.8) is 0 Å². The highest BCUT2D eigenvalue weighted by atomic mass is 35.5. The van der Waals surface area contributed by atoms with Crippen LogP contribution < -0.4 is 9.62 Å². The van der Waals surface area contributed by atoms with Crippen LogP contribution in [0.15, 0.2) is 18.2 Å². The summed E-state index contributed by atoms with van der Waals surface area (Å²) < 4.78 is 25.9. The monoisotopic (exact) mass is 306 g/mol. The molecule has 0 bridgehead atoms. The molecule has 19 heavy (non-hydrogen) atoms. The van der Waals surface area contributed by atoms with Gasteiger partial charge in [0, 0.05) is 19.1 Å². The third kappa shape index (κ3) is 4.96. The number of carboxylic acid groups (broad SMARTS) is 1. The Bertz CT molecular complexity index is 572. The van der Waals surface area contributed by atoms with E-state index in [1.807, 2.05) is 0 Å². The van der Waals surface area contributed by atoms with Crippen LogP contribution in [0.4, 0.5) is 11.4 Å². The summed E-state index contributed by atoms with van der Waals surface area (Å²) in [7, 11) is -0.194. The van der Waals surface area contributed by atoms with E-state index >= 15 is 0 Å². The number of hydrogen-bond acceptors (Lipinski definition) is 4. The molecule has 0 radical (unpaired) electrons. The van der Waals surface area contributed by atoms with E-state index in [4.69, 9.17) is 16.7 Å². The fourth-order valence-electron chi connectivity index (χ4n) is 1.42. The SMILES string of the molecule is CN(C)c1ccc(Cl)cc1NS(=O)(=O)CCC(=O)O. The number of carboxylic acids is 1. The van der Waals surface area contributed by atoms with Crippen LogP contribution in [0.5, 0.6) is 0 Å². The van der Waals surface area contributed by atoms with Crippen LogP contribution in [-0.2, 0) is 14.8 Å². The van der Waals surface area contributed by atoms with Crippen molar-refractivity contribution in [1.29, 1.82) is 0 Å². The Morgan fingerprint density at radius 2 is 2.05 bits per heavy atom. The maximum Gasteiger partial charge on any atom is 0.304 e. The molecular weight excluding hydrogens is 292 g/mol. The van der Waals surface area contributed by atoms with E-state index in [-0.39, 0.29) is 0 Å². The molecule has 8 heteroatoms. The topological polar surface area (TPSA) is 86.7 Å². The normalized spacial score (nSPS) is 11.1. The van der Waals surface area contributed by atoms with Gasteiger partial charge in [-0.25, -0.2) is 8.42 Å². The van der Waals surface area contributed by atoms with Crippen molar-refractivity contribution in [3.05, 3.63) is 23.2 Å². The van der Waals surface area contributed by atoms with Gasteiger partial charge in [-0.3, -0.25) is 9.52 Å². The van der Waals surface area contributed by atoms with Crippen LogP contribution in [0.2, 0.25) is 5.02 Å². The molecule has 0 heterocycles. The summed E-state index contributed by atoms with van der Waals surface area (Å²) in [5.41, 5.74) is 0.964. The van der Waals surface area contributed by atoms with Gasteiger partial charge in [-0.2, -0.15) is 0 Å². The Morgan fingerprint density at radius 1 is 1.42 bits per heavy atom. The molecule has 1 rings (SSSR count). The van der Waals surface area contributed by atoms with E-state index in [9.17, 15) is 13.2 Å². The average Bonchev–Trinajstić information content (AvgIpc) is 2.25. The lowest BCUT2D eigenvalue weighted by Crippen LogP contribution is -2.21. The minimum Gasteiger partial charge on any atom is -0.481 e. The molecule has 106 valence electrons. The average molecular weight is 307 g/mol. The van der Waals surface area contributed by atoms with Gasteiger partial charge in [0.2, 0.25) is 10.0 Å². The van der Waals surface area contributed by atoms with Crippen molar-refractivity contribution in [2.75, 3.05) is 29.5 Å². The number of aliphatic carboxylic acids is 1. The van der Waals surface area contributed by atoms with Gasteiger partial charge in [-0.15, -0.1) is 0 Å². The fourth-order valence-corrected chi connectivity index (χ4v) is 2.64. The van der Waals surface area contributed by atoms with E-state index in [1.54, 1.807) is 31.1 Å². The second-order valence-corrected chi connectivity index (χ2v) is 6.40. The number of carbonyl (C=O) groups is 1. The van der Waals surface area contributed by atoms with Gasteiger partial charge in [-0.05, 0) is 18.2 Å². The molecule has 2 N–H and O–H groups in total. The molecule has 0 aliphatic heterocycles. The molecule has 1 aromatic carbocycles. The Morgan fingerprint density at radius 3 is 2.58 bits per heavy atom. The van der Waals surface area contributed by atoms with Crippen molar-refractivity contribution < 1.29 is 18.3 Å². The number of benzene rings is 1. The maximum absolute atomic E-state index is 11.8. The van der Waals surface area contributed by atoms with Crippen molar-refractivity contribution in [3.8, 4) is 0 Å². The van der Waals surface area contributed by atoms with Gasteiger partial charge in [0.15, 0.2) is 0 Å². The summed E-state index contributed by atoms with van der Waals surface area (Å²) in [5.74, 6) is -1.65. The highest BCUT2D eigenvalue weighted by Gasteiger charge is 2.16. The Labute approximate surface area is 117 Å². The van der Waals surface area contributed by atoms with Crippen LogP contribution in [0.3, 0.4) is 0 Å². The second-order valence-electron chi connectivity index (χ2n) is 4.12. The first-order valence-corrected chi connectivity index (χ1v) is 7.43. The molecule has 0 fully saturated rings. The molecule has 0 unspecified atom stereocenters. The smallest absolute Gasteiger partial charge is 0.304 e. The summed E-state index contributed by atoms with van der Waals surface area (Å²) >= 11 is 5.83. The lowest BCUT2D eigenvalue weighted by Gasteiger charge is -2.18. The number of nitrogens with one attached hydrogen (secondary N) is 1. The molecule has 0 saturated heterocycles.